The van der Waals surface area contributed by atoms with Crippen LogP contribution < -0.4 is 9.62 Å². The molecule has 1 N–H and O–H groups in total. The van der Waals surface area contributed by atoms with Gasteiger partial charge in [-0.05, 0) is 83.0 Å². The van der Waals surface area contributed by atoms with E-state index in [1.165, 1.54) is 17.0 Å². The van der Waals surface area contributed by atoms with Crippen LogP contribution in [0.1, 0.15) is 44.4 Å². The van der Waals surface area contributed by atoms with Gasteiger partial charge in [0, 0.05) is 17.1 Å². The number of aryl methyl sites for hydroxylation is 2. The molecule has 208 valence electrons. The van der Waals surface area contributed by atoms with Crippen molar-refractivity contribution >= 4 is 39.1 Å². The zero-order valence-electron chi connectivity index (χ0n) is 23.2. The summed E-state index contributed by atoms with van der Waals surface area (Å²) >= 11 is 6.15. The lowest BCUT2D eigenvalue weighted by Gasteiger charge is -2.34. The van der Waals surface area contributed by atoms with Crippen molar-refractivity contribution < 1.29 is 18.0 Å². The number of halogens is 1. The maximum Gasteiger partial charge on any atom is 0.264 e. The summed E-state index contributed by atoms with van der Waals surface area (Å²) in [6.45, 7) is 10.6. The fourth-order valence-electron chi connectivity index (χ4n) is 4.08. The molecule has 1 atom stereocenters. The number of carbonyl (C=O) groups excluding carboxylic acids is 2. The first-order valence-electron chi connectivity index (χ1n) is 12.7. The first kappa shape index (κ1) is 30.2. The highest BCUT2D eigenvalue weighted by atomic mass is 35.5. The minimum Gasteiger partial charge on any atom is -0.350 e. The van der Waals surface area contributed by atoms with Crippen molar-refractivity contribution in [2.75, 3.05) is 10.8 Å². The summed E-state index contributed by atoms with van der Waals surface area (Å²) in [7, 11) is -4.13. The molecule has 0 saturated carbocycles. The van der Waals surface area contributed by atoms with Gasteiger partial charge in [-0.25, -0.2) is 8.42 Å². The highest BCUT2D eigenvalue weighted by molar-refractivity contribution is 7.92. The number of nitrogens with one attached hydrogen (secondary N) is 1. The molecule has 3 aromatic carbocycles. The van der Waals surface area contributed by atoms with Crippen LogP contribution in [0.2, 0.25) is 5.02 Å². The van der Waals surface area contributed by atoms with Gasteiger partial charge in [0.05, 0.1) is 10.6 Å². The predicted octanol–water partition coefficient (Wildman–Crippen LogP) is 5.48. The Bertz CT molecular complexity index is 1420. The van der Waals surface area contributed by atoms with Gasteiger partial charge >= 0.3 is 0 Å². The van der Waals surface area contributed by atoms with Crippen molar-refractivity contribution in [1.29, 1.82) is 0 Å². The summed E-state index contributed by atoms with van der Waals surface area (Å²) < 4.78 is 28.8. The summed E-state index contributed by atoms with van der Waals surface area (Å²) in [6.07, 6.45) is 0. The average molecular weight is 570 g/mol. The monoisotopic (exact) mass is 569 g/mol. The van der Waals surface area contributed by atoms with E-state index in [9.17, 15) is 18.0 Å². The van der Waals surface area contributed by atoms with Gasteiger partial charge < -0.3 is 10.2 Å². The van der Waals surface area contributed by atoms with E-state index in [2.05, 4.69) is 5.32 Å². The maximum absolute atomic E-state index is 14.0. The Morgan fingerprint density at radius 2 is 1.56 bits per heavy atom. The van der Waals surface area contributed by atoms with Gasteiger partial charge in [-0.1, -0.05) is 59.6 Å². The number of rotatable bonds is 9. The molecule has 3 aromatic rings. The number of hydrogen-bond donors (Lipinski definition) is 1. The Balaban J connectivity index is 2.05. The normalized spacial score (nSPS) is 12.5. The summed E-state index contributed by atoms with van der Waals surface area (Å²) in [5.41, 5.74) is 2.31. The van der Waals surface area contributed by atoms with Crippen LogP contribution in [0.3, 0.4) is 0 Å². The third-order valence-corrected chi connectivity index (χ3v) is 8.19. The Morgan fingerprint density at radius 3 is 2.13 bits per heavy atom. The van der Waals surface area contributed by atoms with Crippen molar-refractivity contribution in [3.8, 4) is 0 Å². The molecule has 39 heavy (non-hydrogen) atoms. The predicted molar refractivity (Wildman–Crippen MR) is 156 cm³/mol. The van der Waals surface area contributed by atoms with E-state index in [1.807, 2.05) is 52.0 Å². The van der Waals surface area contributed by atoms with Crippen LogP contribution >= 0.6 is 11.6 Å². The van der Waals surface area contributed by atoms with Crippen molar-refractivity contribution in [3.63, 3.8) is 0 Å². The number of carbonyl (C=O) groups is 2. The molecular formula is C30H36ClN3O4S. The van der Waals surface area contributed by atoms with Gasteiger partial charge in [0.1, 0.15) is 12.6 Å². The minimum absolute atomic E-state index is 0.0516. The molecule has 0 radical (unpaired) electrons. The third kappa shape index (κ3) is 7.83. The second-order valence-electron chi connectivity index (χ2n) is 10.7. The van der Waals surface area contributed by atoms with E-state index < -0.39 is 34.1 Å². The van der Waals surface area contributed by atoms with Crippen LogP contribution in [0.5, 0.6) is 0 Å². The summed E-state index contributed by atoms with van der Waals surface area (Å²) in [4.78, 5) is 28.6. The molecule has 0 aliphatic carbocycles. The average Bonchev–Trinajstić information content (AvgIpc) is 2.86. The lowest BCUT2D eigenvalue weighted by atomic mass is 10.1. The standard InChI is InChI=1S/C30H36ClN3O4S/c1-21-12-14-24(15-13-21)19-33(23(3)29(36)32-30(4,5)6)28(35)20-34(27-17-16-25(31)18-22(27)2)39(37,38)26-10-8-7-9-11-26/h7-18,23H,19-20H2,1-6H3,(H,32,36)/t23-/m0/s1. The van der Waals surface area contributed by atoms with E-state index in [-0.39, 0.29) is 17.3 Å². The fourth-order valence-corrected chi connectivity index (χ4v) is 5.80. The summed E-state index contributed by atoms with van der Waals surface area (Å²) in [5.74, 6) is -0.843. The van der Waals surface area contributed by atoms with Crippen LogP contribution in [0, 0.1) is 13.8 Å². The van der Waals surface area contributed by atoms with Gasteiger partial charge in [0.25, 0.3) is 10.0 Å². The van der Waals surface area contributed by atoms with Crippen LogP contribution in [-0.4, -0.2) is 43.3 Å². The van der Waals surface area contributed by atoms with Crippen molar-refractivity contribution in [2.24, 2.45) is 0 Å². The van der Waals surface area contributed by atoms with E-state index in [4.69, 9.17) is 11.6 Å². The number of nitrogens with zero attached hydrogens (tertiary/aromatic N) is 2. The first-order valence-corrected chi connectivity index (χ1v) is 14.5. The first-order chi connectivity index (χ1) is 18.2. The number of anilines is 1. The third-order valence-electron chi connectivity index (χ3n) is 6.18. The Kier molecular flexibility index (Phi) is 9.46. The van der Waals surface area contributed by atoms with Crippen LogP contribution in [0.15, 0.2) is 77.7 Å². The molecule has 7 nitrogen and oxygen atoms in total. The molecule has 3 rings (SSSR count). The van der Waals surface area contributed by atoms with Gasteiger partial charge in [-0.3, -0.25) is 13.9 Å². The zero-order valence-corrected chi connectivity index (χ0v) is 24.8. The largest absolute Gasteiger partial charge is 0.350 e. The Morgan fingerprint density at radius 1 is 0.949 bits per heavy atom. The fraction of sp³-hybridized carbons (Fsp3) is 0.333. The second-order valence-corrected chi connectivity index (χ2v) is 13.0. The molecule has 0 aromatic heterocycles. The molecule has 0 saturated heterocycles. The second kappa shape index (κ2) is 12.2. The summed E-state index contributed by atoms with van der Waals surface area (Å²) in [6, 6.07) is 19.6. The Hall–Kier alpha value is -3.36. The minimum atomic E-state index is -4.13. The molecular weight excluding hydrogens is 534 g/mol. The quantitative estimate of drug-likeness (QED) is 0.369. The Labute approximate surface area is 236 Å². The molecule has 0 fully saturated rings. The van der Waals surface area contributed by atoms with Crippen LogP contribution in [0.4, 0.5) is 5.69 Å². The molecule has 2 amide bonds. The zero-order chi connectivity index (χ0) is 29.0. The number of benzene rings is 3. The molecule has 0 heterocycles. The molecule has 0 bridgehead atoms. The van der Waals surface area contributed by atoms with Gasteiger partial charge in [-0.15, -0.1) is 0 Å². The van der Waals surface area contributed by atoms with E-state index >= 15 is 0 Å². The van der Waals surface area contributed by atoms with Crippen molar-refractivity contribution in [3.05, 3.63) is 94.5 Å². The molecule has 0 aliphatic rings. The number of amides is 2. The SMILES string of the molecule is Cc1ccc(CN(C(=O)CN(c2ccc(Cl)cc2C)S(=O)(=O)c2ccccc2)[C@@H](C)C(=O)NC(C)(C)C)cc1. The van der Waals surface area contributed by atoms with Crippen LogP contribution in [-0.2, 0) is 26.2 Å². The topological polar surface area (TPSA) is 86.8 Å². The van der Waals surface area contributed by atoms with E-state index in [1.54, 1.807) is 50.2 Å². The highest BCUT2D eigenvalue weighted by Gasteiger charge is 2.33. The lowest BCUT2D eigenvalue weighted by molar-refractivity contribution is -0.140. The maximum atomic E-state index is 14.0. The smallest absolute Gasteiger partial charge is 0.264 e. The van der Waals surface area contributed by atoms with Crippen molar-refractivity contribution in [2.45, 2.75) is 64.6 Å². The molecule has 0 unspecified atom stereocenters. The summed E-state index contributed by atoms with van der Waals surface area (Å²) in [5, 5.41) is 3.38. The highest BCUT2D eigenvalue weighted by Crippen LogP contribution is 2.29. The van der Waals surface area contributed by atoms with Gasteiger partial charge in [-0.2, -0.15) is 0 Å². The molecule has 0 spiro atoms. The number of hydrogen-bond acceptors (Lipinski definition) is 4. The lowest BCUT2D eigenvalue weighted by Crippen LogP contribution is -2.54. The van der Waals surface area contributed by atoms with Crippen LogP contribution in [0.25, 0.3) is 0 Å². The molecule has 0 aliphatic heterocycles. The van der Waals surface area contributed by atoms with E-state index in [0.717, 1.165) is 15.4 Å². The van der Waals surface area contributed by atoms with Gasteiger partial charge in [0.15, 0.2) is 0 Å². The van der Waals surface area contributed by atoms with E-state index in [0.29, 0.717) is 16.3 Å². The molecule has 9 heteroatoms. The van der Waals surface area contributed by atoms with Crippen molar-refractivity contribution in [1.82, 2.24) is 10.2 Å². The number of sulfonamides is 1. The van der Waals surface area contributed by atoms with Gasteiger partial charge in [0.2, 0.25) is 11.8 Å².